The van der Waals surface area contributed by atoms with E-state index >= 15 is 0 Å². The van der Waals surface area contributed by atoms with Crippen molar-refractivity contribution in [2.45, 2.75) is 32.2 Å². The zero-order chi connectivity index (χ0) is 14.5. The number of carbonyl (C=O) groups is 2. The largest absolute Gasteiger partial charge is 0.465 e. The predicted octanol–water partition coefficient (Wildman–Crippen LogP) is 1.86. The van der Waals surface area contributed by atoms with Gasteiger partial charge >= 0.3 is 5.97 Å². The Morgan fingerprint density at radius 1 is 1.35 bits per heavy atom. The van der Waals surface area contributed by atoms with Crippen LogP contribution in [-0.4, -0.2) is 31.6 Å². The summed E-state index contributed by atoms with van der Waals surface area (Å²) < 4.78 is 4.73. The number of rotatable bonds is 3. The minimum Gasteiger partial charge on any atom is -0.465 e. The van der Waals surface area contributed by atoms with Gasteiger partial charge in [-0.3, -0.25) is 4.79 Å². The predicted molar refractivity (Wildman–Crippen MR) is 76.8 cm³/mol. The maximum atomic E-state index is 12.2. The Balaban J connectivity index is 2.12. The molecular formula is C15H20N2O3. The number of ether oxygens (including phenoxy) is 1. The van der Waals surface area contributed by atoms with Crippen LogP contribution in [0.4, 0.5) is 5.69 Å². The van der Waals surface area contributed by atoms with Crippen LogP contribution in [0.5, 0.6) is 0 Å². The molecule has 0 saturated carbocycles. The van der Waals surface area contributed by atoms with E-state index in [1.807, 2.05) is 0 Å². The zero-order valence-corrected chi connectivity index (χ0v) is 11.9. The number of hydrogen-bond donors (Lipinski definition) is 2. The Morgan fingerprint density at radius 3 is 2.80 bits per heavy atom. The smallest absolute Gasteiger partial charge is 0.338 e. The first-order valence-electron chi connectivity index (χ1n) is 6.85. The second kappa shape index (κ2) is 6.52. The monoisotopic (exact) mass is 276 g/mol. The van der Waals surface area contributed by atoms with E-state index in [2.05, 4.69) is 10.6 Å². The quantitative estimate of drug-likeness (QED) is 0.827. The minimum atomic E-state index is -0.394. The molecule has 2 rings (SSSR count). The van der Waals surface area contributed by atoms with Gasteiger partial charge < -0.3 is 15.4 Å². The van der Waals surface area contributed by atoms with Crippen LogP contribution >= 0.6 is 0 Å². The molecule has 5 heteroatoms. The number of anilines is 1. The molecule has 1 saturated heterocycles. The first kappa shape index (κ1) is 14.5. The molecule has 1 aromatic carbocycles. The summed E-state index contributed by atoms with van der Waals surface area (Å²) in [5.74, 6) is -0.441. The van der Waals surface area contributed by atoms with E-state index in [4.69, 9.17) is 4.74 Å². The number of piperidine rings is 1. The molecule has 1 amide bonds. The van der Waals surface area contributed by atoms with E-state index in [0.29, 0.717) is 11.3 Å². The van der Waals surface area contributed by atoms with Crippen molar-refractivity contribution in [1.29, 1.82) is 0 Å². The van der Waals surface area contributed by atoms with Crippen molar-refractivity contribution in [3.63, 3.8) is 0 Å². The molecule has 5 nitrogen and oxygen atoms in total. The third-order valence-electron chi connectivity index (χ3n) is 3.62. The molecule has 1 heterocycles. The number of amides is 1. The van der Waals surface area contributed by atoms with Gasteiger partial charge in [0.15, 0.2) is 0 Å². The summed E-state index contributed by atoms with van der Waals surface area (Å²) in [6.07, 6.45) is 3.02. The normalized spacial score (nSPS) is 18.4. The Labute approximate surface area is 118 Å². The Bertz CT molecular complexity index is 508. The van der Waals surface area contributed by atoms with Crippen LogP contribution in [0.25, 0.3) is 0 Å². The van der Waals surface area contributed by atoms with Gasteiger partial charge in [0.05, 0.1) is 18.7 Å². The van der Waals surface area contributed by atoms with Gasteiger partial charge in [0.25, 0.3) is 0 Å². The molecule has 2 N–H and O–H groups in total. The molecule has 20 heavy (non-hydrogen) atoms. The van der Waals surface area contributed by atoms with Crippen LogP contribution in [0.15, 0.2) is 18.2 Å². The maximum absolute atomic E-state index is 12.2. The van der Waals surface area contributed by atoms with Crippen molar-refractivity contribution in [3.05, 3.63) is 29.3 Å². The second-order valence-corrected chi connectivity index (χ2v) is 4.96. The van der Waals surface area contributed by atoms with Gasteiger partial charge in [-0.15, -0.1) is 0 Å². The van der Waals surface area contributed by atoms with Crippen LogP contribution in [0.3, 0.4) is 0 Å². The van der Waals surface area contributed by atoms with Crippen molar-refractivity contribution in [3.8, 4) is 0 Å². The summed E-state index contributed by atoms with van der Waals surface area (Å²) in [5, 5.41) is 6.09. The lowest BCUT2D eigenvalue weighted by molar-refractivity contribution is -0.118. The molecule has 0 aromatic heterocycles. The van der Waals surface area contributed by atoms with Crippen molar-refractivity contribution in [2.24, 2.45) is 0 Å². The summed E-state index contributed by atoms with van der Waals surface area (Å²) in [6.45, 7) is 2.68. The fourth-order valence-electron chi connectivity index (χ4n) is 2.40. The fourth-order valence-corrected chi connectivity index (χ4v) is 2.40. The average molecular weight is 276 g/mol. The highest BCUT2D eigenvalue weighted by atomic mass is 16.5. The third-order valence-corrected chi connectivity index (χ3v) is 3.62. The minimum absolute atomic E-state index is 0.0465. The van der Waals surface area contributed by atoms with Crippen molar-refractivity contribution < 1.29 is 14.3 Å². The second-order valence-electron chi connectivity index (χ2n) is 4.96. The van der Waals surface area contributed by atoms with Gasteiger partial charge in [-0.25, -0.2) is 4.79 Å². The molecule has 1 aliphatic rings. The lowest BCUT2D eigenvalue weighted by Crippen LogP contribution is -2.43. The summed E-state index contributed by atoms with van der Waals surface area (Å²) in [5.41, 5.74) is 1.86. The molecule has 1 atom stereocenters. The third kappa shape index (κ3) is 3.17. The summed E-state index contributed by atoms with van der Waals surface area (Å²) >= 11 is 0. The first-order chi connectivity index (χ1) is 9.63. The molecule has 1 aromatic rings. The van der Waals surface area contributed by atoms with E-state index in [0.717, 1.165) is 31.4 Å². The fraction of sp³-hybridized carbons (Fsp3) is 0.467. The van der Waals surface area contributed by atoms with Gasteiger partial charge in [-0.1, -0.05) is 12.5 Å². The highest BCUT2D eigenvalue weighted by Gasteiger charge is 2.21. The van der Waals surface area contributed by atoms with Gasteiger partial charge in [0.2, 0.25) is 5.91 Å². The van der Waals surface area contributed by atoms with Gasteiger partial charge in [-0.2, -0.15) is 0 Å². The molecule has 0 aliphatic carbocycles. The lowest BCUT2D eigenvalue weighted by Gasteiger charge is -2.23. The highest BCUT2D eigenvalue weighted by Crippen LogP contribution is 2.20. The highest BCUT2D eigenvalue weighted by molar-refractivity contribution is 5.98. The SMILES string of the molecule is COC(=O)c1cccc(NC(=O)C2CCCCN2)c1C. The molecule has 0 spiro atoms. The number of nitrogens with one attached hydrogen (secondary N) is 2. The Hall–Kier alpha value is -1.88. The van der Waals surface area contributed by atoms with E-state index in [1.165, 1.54) is 7.11 Å². The Morgan fingerprint density at radius 2 is 2.15 bits per heavy atom. The van der Waals surface area contributed by atoms with Crippen LogP contribution in [0, 0.1) is 6.92 Å². The molecule has 1 unspecified atom stereocenters. The van der Waals surface area contributed by atoms with Crippen LogP contribution in [0.2, 0.25) is 0 Å². The summed E-state index contributed by atoms with van der Waals surface area (Å²) in [4.78, 5) is 23.8. The molecule has 1 aliphatic heterocycles. The van der Waals surface area contributed by atoms with Gasteiger partial charge in [0.1, 0.15) is 0 Å². The van der Waals surface area contributed by atoms with Gasteiger partial charge in [-0.05, 0) is 44.0 Å². The zero-order valence-electron chi connectivity index (χ0n) is 11.9. The van der Waals surface area contributed by atoms with Crippen molar-refractivity contribution >= 4 is 17.6 Å². The van der Waals surface area contributed by atoms with E-state index in [1.54, 1.807) is 25.1 Å². The number of esters is 1. The van der Waals surface area contributed by atoms with Crippen molar-refractivity contribution in [2.75, 3.05) is 19.0 Å². The number of carbonyl (C=O) groups excluding carboxylic acids is 2. The first-order valence-corrected chi connectivity index (χ1v) is 6.85. The van der Waals surface area contributed by atoms with Crippen LogP contribution in [-0.2, 0) is 9.53 Å². The Kier molecular flexibility index (Phi) is 4.74. The summed E-state index contributed by atoms with van der Waals surface area (Å²) in [7, 11) is 1.35. The molecule has 0 radical (unpaired) electrons. The number of methoxy groups -OCH3 is 1. The van der Waals surface area contributed by atoms with Crippen LogP contribution in [0.1, 0.15) is 35.2 Å². The average Bonchev–Trinajstić information content (AvgIpc) is 2.49. The van der Waals surface area contributed by atoms with E-state index < -0.39 is 5.97 Å². The topological polar surface area (TPSA) is 67.4 Å². The lowest BCUT2D eigenvalue weighted by atomic mass is 10.0. The number of benzene rings is 1. The molecule has 108 valence electrons. The van der Waals surface area contributed by atoms with Crippen LogP contribution < -0.4 is 10.6 Å². The van der Waals surface area contributed by atoms with E-state index in [-0.39, 0.29) is 11.9 Å². The molecular weight excluding hydrogens is 256 g/mol. The maximum Gasteiger partial charge on any atom is 0.338 e. The van der Waals surface area contributed by atoms with Gasteiger partial charge in [0, 0.05) is 5.69 Å². The number of hydrogen-bond acceptors (Lipinski definition) is 4. The van der Waals surface area contributed by atoms with E-state index in [9.17, 15) is 9.59 Å². The summed E-state index contributed by atoms with van der Waals surface area (Å²) in [6, 6.07) is 5.08. The standard InChI is InChI=1S/C15H20N2O3/c1-10-11(15(19)20-2)6-5-8-12(10)17-14(18)13-7-3-4-9-16-13/h5-6,8,13,16H,3-4,7,9H2,1-2H3,(H,17,18). The molecule has 1 fully saturated rings. The van der Waals surface area contributed by atoms with Crippen molar-refractivity contribution in [1.82, 2.24) is 5.32 Å². The molecule has 0 bridgehead atoms.